The van der Waals surface area contributed by atoms with E-state index in [2.05, 4.69) is 4.90 Å². The largest absolute Gasteiger partial charge is 0.466 e. The smallest absolute Gasteiger partial charge is 0.416 e. The first kappa shape index (κ1) is 27.7. The fraction of sp³-hybridized carbons (Fsp3) is 0.500. The zero-order valence-electron chi connectivity index (χ0n) is 19.7. The van der Waals surface area contributed by atoms with Crippen LogP contribution in [0.25, 0.3) is 0 Å². The molecule has 0 spiro atoms. The van der Waals surface area contributed by atoms with Crippen LogP contribution in [0, 0.1) is 0 Å². The number of hydrogen-bond acceptors (Lipinski definition) is 6. The van der Waals surface area contributed by atoms with Gasteiger partial charge in [0.2, 0.25) is 0 Å². The molecule has 0 radical (unpaired) electrons. The van der Waals surface area contributed by atoms with Crippen LogP contribution in [-0.4, -0.2) is 62.6 Å². The third-order valence-electron chi connectivity index (χ3n) is 6.43. The predicted octanol–water partition coefficient (Wildman–Crippen LogP) is 4.52. The summed E-state index contributed by atoms with van der Waals surface area (Å²) in [6.45, 7) is 4.43. The topological polar surface area (TPSA) is 59.1 Å². The molecule has 2 aliphatic heterocycles. The Kier molecular flexibility index (Phi) is 9.19. The van der Waals surface area contributed by atoms with Gasteiger partial charge in [0, 0.05) is 31.4 Å². The predicted molar refractivity (Wildman–Crippen MR) is 123 cm³/mol. The Bertz CT molecular complexity index is 967. The third-order valence-corrected chi connectivity index (χ3v) is 6.43. The molecule has 1 aromatic rings. The van der Waals surface area contributed by atoms with Crippen LogP contribution < -0.4 is 0 Å². The van der Waals surface area contributed by atoms with Gasteiger partial charge < -0.3 is 19.3 Å². The zero-order valence-corrected chi connectivity index (χ0v) is 20.5. The molecule has 1 unspecified atom stereocenters. The minimum atomic E-state index is -4.50. The average molecular weight is 503 g/mol. The SMILES string of the molecule is COC(=O)C1=C(C)N(C)C(CCN2CCCC2)=C(C(=O)OC)C1c1ccc(C(F)(F)F)cc1.Cl. The minimum absolute atomic E-state index is 0. The summed E-state index contributed by atoms with van der Waals surface area (Å²) in [5.74, 6) is -2.18. The zero-order chi connectivity index (χ0) is 24.3. The Labute approximate surface area is 203 Å². The molecule has 0 aliphatic carbocycles. The molecule has 10 heteroatoms. The Morgan fingerprint density at radius 1 is 1.00 bits per heavy atom. The number of nitrogens with zero attached hydrogens (tertiary/aromatic N) is 2. The number of alkyl halides is 3. The van der Waals surface area contributed by atoms with Gasteiger partial charge in [-0.15, -0.1) is 12.4 Å². The maximum absolute atomic E-state index is 13.1. The number of likely N-dealkylation sites (tertiary alicyclic amines) is 1. The molecular formula is C24H30ClF3N2O4. The van der Waals surface area contributed by atoms with E-state index >= 15 is 0 Å². The molecule has 0 aromatic heterocycles. The first-order valence-electron chi connectivity index (χ1n) is 10.8. The summed E-state index contributed by atoms with van der Waals surface area (Å²) >= 11 is 0. The standard InChI is InChI=1S/C24H29F3N2O4.ClH/c1-15-19(22(30)32-3)20(16-7-9-17(10-8-16)24(25,26)27)21(23(31)33-4)18(28(15)2)11-14-29-12-5-6-13-29;/h7-10,20H,5-6,11-14H2,1-4H3;1H. The highest BCUT2D eigenvalue weighted by atomic mass is 35.5. The molecular weight excluding hydrogens is 473 g/mol. The van der Waals surface area contributed by atoms with Gasteiger partial charge >= 0.3 is 18.1 Å². The number of esters is 2. The second-order valence-electron chi connectivity index (χ2n) is 8.25. The maximum Gasteiger partial charge on any atom is 0.416 e. The number of rotatable bonds is 6. The van der Waals surface area contributed by atoms with E-state index in [1.54, 1.807) is 18.9 Å². The molecule has 0 saturated carbocycles. The average Bonchev–Trinajstić information content (AvgIpc) is 3.31. The number of benzene rings is 1. The van der Waals surface area contributed by atoms with Crippen LogP contribution in [0.15, 0.2) is 46.8 Å². The van der Waals surface area contributed by atoms with E-state index in [0.29, 0.717) is 23.4 Å². The van der Waals surface area contributed by atoms with Gasteiger partial charge in [0.15, 0.2) is 0 Å². The lowest BCUT2D eigenvalue weighted by Crippen LogP contribution is -2.35. The molecule has 0 amide bonds. The molecule has 188 valence electrons. The molecule has 2 aliphatic rings. The number of methoxy groups -OCH3 is 2. The number of halogens is 4. The van der Waals surface area contributed by atoms with Crippen molar-refractivity contribution in [3.8, 4) is 0 Å². The summed E-state index contributed by atoms with van der Waals surface area (Å²) in [6, 6.07) is 4.51. The fourth-order valence-electron chi connectivity index (χ4n) is 4.58. The molecule has 1 fully saturated rings. The molecule has 0 N–H and O–H groups in total. The highest BCUT2D eigenvalue weighted by molar-refractivity contribution is 5.99. The van der Waals surface area contributed by atoms with E-state index in [1.807, 2.05) is 0 Å². The summed E-state index contributed by atoms with van der Waals surface area (Å²) in [7, 11) is 4.25. The van der Waals surface area contributed by atoms with Crippen molar-refractivity contribution in [2.45, 2.75) is 38.3 Å². The van der Waals surface area contributed by atoms with Gasteiger partial charge in [-0.1, -0.05) is 12.1 Å². The van der Waals surface area contributed by atoms with Crippen molar-refractivity contribution in [1.82, 2.24) is 9.80 Å². The third kappa shape index (κ3) is 5.58. The minimum Gasteiger partial charge on any atom is -0.466 e. The molecule has 6 nitrogen and oxygen atoms in total. The van der Waals surface area contributed by atoms with Crippen LogP contribution >= 0.6 is 12.4 Å². The van der Waals surface area contributed by atoms with Gasteiger partial charge in [-0.05, 0) is 50.6 Å². The van der Waals surface area contributed by atoms with Gasteiger partial charge in [-0.25, -0.2) is 9.59 Å². The Morgan fingerprint density at radius 3 is 2.03 bits per heavy atom. The Balaban J connectivity index is 0.00000408. The second-order valence-corrected chi connectivity index (χ2v) is 8.25. The molecule has 1 aromatic carbocycles. The normalized spacial score (nSPS) is 19.3. The Hall–Kier alpha value is -2.52. The number of ether oxygens (including phenoxy) is 2. The van der Waals surface area contributed by atoms with E-state index in [0.717, 1.165) is 44.6 Å². The van der Waals surface area contributed by atoms with Gasteiger partial charge in [0.1, 0.15) is 0 Å². The van der Waals surface area contributed by atoms with Gasteiger partial charge in [-0.2, -0.15) is 13.2 Å². The van der Waals surface area contributed by atoms with Crippen molar-refractivity contribution in [2.75, 3.05) is 40.9 Å². The lowest BCUT2D eigenvalue weighted by molar-refractivity contribution is -0.138. The quantitative estimate of drug-likeness (QED) is 0.533. The van der Waals surface area contributed by atoms with Crippen molar-refractivity contribution >= 4 is 24.3 Å². The summed E-state index contributed by atoms with van der Waals surface area (Å²) in [5.41, 5.74) is 1.28. The van der Waals surface area contributed by atoms with Crippen LogP contribution in [-0.2, 0) is 25.2 Å². The van der Waals surface area contributed by atoms with Crippen molar-refractivity contribution in [3.63, 3.8) is 0 Å². The number of allylic oxidation sites excluding steroid dienone is 1. The van der Waals surface area contributed by atoms with Crippen molar-refractivity contribution in [1.29, 1.82) is 0 Å². The van der Waals surface area contributed by atoms with Crippen LogP contribution in [0.5, 0.6) is 0 Å². The molecule has 1 atom stereocenters. The highest BCUT2D eigenvalue weighted by Crippen LogP contribution is 2.44. The van der Waals surface area contributed by atoms with Crippen molar-refractivity contribution in [3.05, 3.63) is 57.9 Å². The number of carbonyl (C=O) groups is 2. The van der Waals surface area contributed by atoms with Crippen molar-refractivity contribution < 1.29 is 32.2 Å². The Morgan fingerprint density at radius 2 is 1.53 bits per heavy atom. The molecule has 1 saturated heterocycles. The van der Waals surface area contributed by atoms with E-state index in [1.165, 1.54) is 26.4 Å². The summed E-state index contributed by atoms with van der Waals surface area (Å²) in [4.78, 5) is 29.9. The molecule has 0 bridgehead atoms. The van der Waals surface area contributed by atoms with Crippen molar-refractivity contribution in [2.24, 2.45) is 0 Å². The molecule has 2 heterocycles. The van der Waals surface area contributed by atoms with Crippen LogP contribution in [0.3, 0.4) is 0 Å². The summed E-state index contributed by atoms with van der Waals surface area (Å²) in [6.07, 6.45) is -1.72. The summed E-state index contributed by atoms with van der Waals surface area (Å²) in [5, 5.41) is 0. The first-order valence-corrected chi connectivity index (χ1v) is 10.8. The van der Waals surface area contributed by atoms with Crippen LogP contribution in [0.1, 0.15) is 43.2 Å². The maximum atomic E-state index is 13.1. The van der Waals surface area contributed by atoms with Crippen LogP contribution in [0.4, 0.5) is 13.2 Å². The van der Waals surface area contributed by atoms with Gasteiger partial charge in [0.05, 0.1) is 36.8 Å². The lowest BCUT2D eigenvalue weighted by atomic mass is 9.79. The number of carbonyl (C=O) groups excluding carboxylic acids is 2. The lowest BCUT2D eigenvalue weighted by Gasteiger charge is -2.37. The first-order chi connectivity index (χ1) is 15.6. The fourth-order valence-corrected chi connectivity index (χ4v) is 4.58. The number of hydrogen-bond donors (Lipinski definition) is 0. The van der Waals surface area contributed by atoms with Crippen LogP contribution in [0.2, 0.25) is 0 Å². The highest BCUT2D eigenvalue weighted by Gasteiger charge is 2.41. The van der Waals surface area contributed by atoms with E-state index in [-0.39, 0.29) is 23.6 Å². The monoisotopic (exact) mass is 502 g/mol. The molecule has 3 rings (SSSR count). The molecule has 34 heavy (non-hydrogen) atoms. The summed E-state index contributed by atoms with van der Waals surface area (Å²) < 4.78 is 49.4. The van der Waals surface area contributed by atoms with Gasteiger partial charge in [-0.3, -0.25) is 0 Å². The van der Waals surface area contributed by atoms with Gasteiger partial charge in [0.25, 0.3) is 0 Å². The second kappa shape index (κ2) is 11.3. The van der Waals surface area contributed by atoms with E-state index in [9.17, 15) is 22.8 Å². The van der Waals surface area contributed by atoms with E-state index < -0.39 is 29.6 Å². The van der Waals surface area contributed by atoms with E-state index in [4.69, 9.17) is 9.47 Å².